The van der Waals surface area contributed by atoms with E-state index in [4.69, 9.17) is 0 Å². The molecule has 2 amide bonds. The summed E-state index contributed by atoms with van der Waals surface area (Å²) in [5.41, 5.74) is 2.35. The summed E-state index contributed by atoms with van der Waals surface area (Å²) in [6, 6.07) is 5.75. The Morgan fingerprint density at radius 1 is 0.964 bits per heavy atom. The standard InChI is InChI=1S/C23H37N3O2/c1-3-5-6-7-9-12-22(27)25-19-13-14-21(26-16-10-8-11-17-26)20(18-19)23(28)24-15-4-2/h13-14,18H,3-12,15-17H2,1-2H3,(H,24,28)(H,25,27). The summed E-state index contributed by atoms with van der Waals surface area (Å²) in [6.07, 6.45) is 10.7. The van der Waals surface area contributed by atoms with Gasteiger partial charge in [-0.2, -0.15) is 0 Å². The van der Waals surface area contributed by atoms with Crippen molar-refractivity contribution in [2.45, 2.75) is 78.1 Å². The third-order valence-electron chi connectivity index (χ3n) is 5.26. The zero-order valence-corrected chi connectivity index (χ0v) is 17.7. The zero-order valence-electron chi connectivity index (χ0n) is 17.7. The van der Waals surface area contributed by atoms with Gasteiger partial charge in [0.15, 0.2) is 0 Å². The first-order valence-electron chi connectivity index (χ1n) is 11.1. The van der Waals surface area contributed by atoms with Crippen LogP contribution in [0, 0.1) is 0 Å². The smallest absolute Gasteiger partial charge is 0.253 e. The van der Waals surface area contributed by atoms with Crippen molar-refractivity contribution in [3.8, 4) is 0 Å². The lowest BCUT2D eigenvalue weighted by Crippen LogP contribution is -2.33. The van der Waals surface area contributed by atoms with Gasteiger partial charge in [0.2, 0.25) is 5.91 Å². The number of nitrogens with zero attached hydrogens (tertiary/aromatic N) is 1. The number of benzene rings is 1. The van der Waals surface area contributed by atoms with Crippen molar-refractivity contribution in [1.82, 2.24) is 5.32 Å². The predicted molar refractivity (Wildman–Crippen MR) is 117 cm³/mol. The summed E-state index contributed by atoms with van der Waals surface area (Å²) in [7, 11) is 0. The van der Waals surface area contributed by atoms with Crippen LogP contribution in [-0.4, -0.2) is 31.4 Å². The molecule has 0 bridgehead atoms. The molecule has 0 spiro atoms. The van der Waals surface area contributed by atoms with E-state index in [2.05, 4.69) is 22.5 Å². The molecule has 2 N–H and O–H groups in total. The van der Waals surface area contributed by atoms with Crippen LogP contribution in [0.4, 0.5) is 11.4 Å². The van der Waals surface area contributed by atoms with Crippen LogP contribution in [0.2, 0.25) is 0 Å². The number of hydrogen-bond acceptors (Lipinski definition) is 3. The molecule has 1 heterocycles. The lowest BCUT2D eigenvalue weighted by molar-refractivity contribution is -0.116. The largest absolute Gasteiger partial charge is 0.371 e. The number of amides is 2. The minimum Gasteiger partial charge on any atom is -0.371 e. The van der Waals surface area contributed by atoms with Crippen LogP contribution in [-0.2, 0) is 4.79 Å². The molecular weight excluding hydrogens is 350 g/mol. The maximum absolute atomic E-state index is 12.7. The Bertz CT molecular complexity index is 624. The minimum atomic E-state index is -0.0573. The first-order chi connectivity index (χ1) is 13.7. The van der Waals surface area contributed by atoms with Crippen molar-refractivity contribution in [1.29, 1.82) is 0 Å². The molecule has 1 saturated heterocycles. The summed E-state index contributed by atoms with van der Waals surface area (Å²) in [5.74, 6) is -0.0276. The summed E-state index contributed by atoms with van der Waals surface area (Å²) < 4.78 is 0. The third-order valence-corrected chi connectivity index (χ3v) is 5.26. The zero-order chi connectivity index (χ0) is 20.2. The Morgan fingerprint density at radius 2 is 1.71 bits per heavy atom. The minimum absolute atomic E-state index is 0.0298. The first-order valence-corrected chi connectivity index (χ1v) is 11.1. The van der Waals surface area contributed by atoms with Gasteiger partial charge >= 0.3 is 0 Å². The Balaban J connectivity index is 2.04. The number of piperidine rings is 1. The molecule has 0 aliphatic carbocycles. The summed E-state index contributed by atoms with van der Waals surface area (Å²) >= 11 is 0. The van der Waals surface area contributed by atoms with Crippen molar-refractivity contribution >= 4 is 23.2 Å². The van der Waals surface area contributed by atoms with Crippen molar-refractivity contribution in [2.75, 3.05) is 29.9 Å². The molecule has 1 fully saturated rings. The topological polar surface area (TPSA) is 61.4 Å². The van der Waals surface area contributed by atoms with E-state index < -0.39 is 0 Å². The second-order valence-electron chi connectivity index (χ2n) is 7.75. The van der Waals surface area contributed by atoms with Crippen LogP contribution >= 0.6 is 0 Å². The van der Waals surface area contributed by atoms with Gasteiger partial charge in [0.1, 0.15) is 0 Å². The normalized spacial score (nSPS) is 14.0. The number of rotatable bonds is 11. The highest BCUT2D eigenvalue weighted by Gasteiger charge is 2.19. The van der Waals surface area contributed by atoms with Crippen molar-refractivity contribution in [3.63, 3.8) is 0 Å². The summed E-state index contributed by atoms with van der Waals surface area (Å²) in [4.78, 5) is 27.3. The molecule has 28 heavy (non-hydrogen) atoms. The second kappa shape index (κ2) is 12.4. The average Bonchev–Trinajstić information content (AvgIpc) is 2.72. The SMILES string of the molecule is CCCCCCCC(=O)Nc1ccc(N2CCCCC2)c(C(=O)NCCC)c1. The maximum atomic E-state index is 12.7. The van der Waals surface area contributed by atoms with Gasteiger partial charge in [0, 0.05) is 37.4 Å². The Labute approximate surface area is 170 Å². The van der Waals surface area contributed by atoms with E-state index in [9.17, 15) is 9.59 Å². The molecule has 0 aromatic heterocycles. The first kappa shape index (κ1) is 22.3. The summed E-state index contributed by atoms with van der Waals surface area (Å²) in [6.45, 7) is 6.86. The number of carbonyl (C=O) groups is 2. The molecule has 5 heteroatoms. The molecule has 0 saturated carbocycles. The number of unbranched alkanes of at least 4 members (excludes halogenated alkanes) is 4. The van der Waals surface area contributed by atoms with Crippen LogP contribution < -0.4 is 15.5 Å². The van der Waals surface area contributed by atoms with E-state index in [1.165, 1.54) is 25.7 Å². The molecule has 0 radical (unpaired) electrons. The maximum Gasteiger partial charge on any atom is 0.253 e. The van der Waals surface area contributed by atoms with Crippen molar-refractivity contribution < 1.29 is 9.59 Å². The Hall–Kier alpha value is -2.04. The van der Waals surface area contributed by atoms with Gasteiger partial charge in [-0.05, 0) is 50.3 Å². The average molecular weight is 388 g/mol. The fourth-order valence-electron chi connectivity index (χ4n) is 3.65. The second-order valence-corrected chi connectivity index (χ2v) is 7.75. The van der Waals surface area contributed by atoms with Gasteiger partial charge in [0.25, 0.3) is 5.91 Å². The highest BCUT2D eigenvalue weighted by atomic mass is 16.2. The van der Waals surface area contributed by atoms with Gasteiger partial charge in [-0.15, -0.1) is 0 Å². The van der Waals surface area contributed by atoms with E-state index in [1.807, 2.05) is 25.1 Å². The lowest BCUT2D eigenvalue weighted by atomic mass is 10.1. The Kier molecular flexibility index (Phi) is 9.87. The number of nitrogens with one attached hydrogen (secondary N) is 2. The van der Waals surface area contributed by atoms with Gasteiger partial charge in [0.05, 0.1) is 5.56 Å². The quantitative estimate of drug-likeness (QED) is 0.518. The van der Waals surface area contributed by atoms with E-state index in [-0.39, 0.29) is 11.8 Å². The van der Waals surface area contributed by atoms with E-state index >= 15 is 0 Å². The molecule has 0 unspecified atom stereocenters. The molecule has 0 atom stereocenters. The molecular formula is C23H37N3O2. The highest BCUT2D eigenvalue weighted by molar-refractivity contribution is 6.02. The van der Waals surface area contributed by atoms with Crippen LogP contribution in [0.25, 0.3) is 0 Å². The Morgan fingerprint density at radius 3 is 2.43 bits per heavy atom. The van der Waals surface area contributed by atoms with Gasteiger partial charge < -0.3 is 15.5 Å². The molecule has 1 aliphatic heterocycles. The molecule has 1 aromatic carbocycles. The van der Waals surface area contributed by atoms with Gasteiger partial charge in [-0.3, -0.25) is 9.59 Å². The lowest BCUT2D eigenvalue weighted by Gasteiger charge is -2.30. The fourth-order valence-corrected chi connectivity index (χ4v) is 3.65. The van der Waals surface area contributed by atoms with Crippen LogP contribution in [0.1, 0.15) is 88.4 Å². The van der Waals surface area contributed by atoms with Crippen molar-refractivity contribution in [2.24, 2.45) is 0 Å². The van der Waals surface area contributed by atoms with E-state index in [0.717, 1.165) is 50.9 Å². The van der Waals surface area contributed by atoms with Crippen LogP contribution in [0.15, 0.2) is 18.2 Å². The predicted octanol–water partition coefficient (Wildman–Crippen LogP) is 5.12. The summed E-state index contributed by atoms with van der Waals surface area (Å²) in [5, 5.41) is 5.96. The molecule has 2 rings (SSSR count). The molecule has 1 aliphatic rings. The third kappa shape index (κ3) is 7.17. The van der Waals surface area contributed by atoms with Crippen molar-refractivity contribution in [3.05, 3.63) is 23.8 Å². The van der Waals surface area contributed by atoms with Crippen LogP contribution in [0.3, 0.4) is 0 Å². The van der Waals surface area contributed by atoms with Gasteiger partial charge in [-0.25, -0.2) is 0 Å². The molecule has 5 nitrogen and oxygen atoms in total. The number of hydrogen-bond donors (Lipinski definition) is 2. The molecule has 1 aromatic rings. The van der Waals surface area contributed by atoms with Gasteiger partial charge in [-0.1, -0.05) is 39.5 Å². The molecule has 156 valence electrons. The monoisotopic (exact) mass is 387 g/mol. The fraction of sp³-hybridized carbons (Fsp3) is 0.652. The van der Waals surface area contributed by atoms with E-state index in [1.54, 1.807) is 0 Å². The number of anilines is 2. The van der Waals surface area contributed by atoms with Crippen LogP contribution in [0.5, 0.6) is 0 Å². The van der Waals surface area contributed by atoms with E-state index in [0.29, 0.717) is 24.2 Å². The number of carbonyl (C=O) groups excluding carboxylic acids is 2. The highest BCUT2D eigenvalue weighted by Crippen LogP contribution is 2.27.